The lowest BCUT2D eigenvalue weighted by Crippen LogP contribution is -2.39. The van der Waals surface area contributed by atoms with Gasteiger partial charge in [0.2, 0.25) is 0 Å². The van der Waals surface area contributed by atoms with Gasteiger partial charge in [0, 0.05) is 13.1 Å². The molecule has 1 atom stereocenters. The zero-order chi connectivity index (χ0) is 16.0. The van der Waals surface area contributed by atoms with E-state index in [0.717, 1.165) is 9.87 Å². The van der Waals surface area contributed by atoms with Gasteiger partial charge < -0.3 is 14.6 Å². The largest absolute Gasteiger partial charge is 0.493 e. The molecule has 0 spiro atoms. The van der Waals surface area contributed by atoms with E-state index in [-0.39, 0.29) is 19.7 Å². The van der Waals surface area contributed by atoms with Gasteiger partial charge in [-0.3, -0.25) is 4.55 Å². The number of methoxy groups -OCH3 is 1. The zero-order valence-corrected chi connectivity index (χ0v) is 13.1. The van der Waals surface area contributed by atoms with Crippen molar-refractivity contribution in [2.24, 2.45) is 0 Å². The zero-order valence-electron chi connectivity index (χ0n) is 12.3. The topological polar surface area (TPSA) is 96.3 Å². The number of benzene rings is 1. The van der Waals surface area contributed by atoms with Gasteiger partial charge in [-0.1, -0.05) is 13.0 Å². The van der Waals surface area contributed by atoms with Gasteiger partial charge in [-0.15, -0.1) is 0 Å². The van der Waals surface area contributed by atoms with Crippen LogP contribution < -0.4 is 9.47 Å². The summed E-state index contributed by atoms with van der Waals surface area (Å²) >= 11 is 0. The Morgan fingerprint density at radius 2 is 2.00 bits per heavy atom. The second-order valence-electron chi connectivity index (χ2n) is 4.55. The molecule has 2 N–H and O–H groups in total. The van der Waals surface area contributed by atoms with Crippen molar-refractivity contribution in [1.29, 1.82) is 0 Å². The summed E-state index contributed by atoms with van der Waals surface area (Å²) in [5, 5.41) is 9.81. The fourth-order valence-corrected chi connectivity index (χ4v) is 2.44. The Balaban J connectivity index is 2.63. The number of nitrogens with zero attached hydrogens (tertiary/aromatic N) is 1. The van der Waals surface area contributed by atoms with Crippen LogP contribution in [0.1, 0.15) is 12.5 Å². The van der Waals surface area contributed by atoms with Crippen molar-refractivity contribution in [3.63, 3.8) is 0 Å². The van der Waals surface area contributed by atoms with Crippen LogP contribution in [0.4, 0.5) is 0 Å². The summed E-state index contributed by atoms with van der Waals surface area (Å²) in [6.07, 6.45) is -1.07. The lowest BCUT2D eigenvalue weighted by atomic mass is 10.2. The standard InChI is InChI=1S/C13H21NO6S/c1-4-14(21(16,17)18)8-11(15)9-20-12-6-5-10(2)7-13(12)19-3/h5-7,11,15H,4,8-9H2,1-3H3,(H,16,17,18)/t11-/m1/s1. The van der Waals surface area contributed by atoms with Gasteiger partial charge in [-0.05, 0) is 24.6 Å². The summed E-state index contributed by atoms with van der Waals surface area (Å²) in [6.45, 7) is 3.16. The maximum Gasteiger partial charge on any atom is 0.335 e. The highest BCUT2D eigenvalue weighted by Crippen LogP contribution is 2.27. The number of rotatable bonds is 8. The van der Waals surface area contributed by atoms with Crippen LogP contribution >= 0.6 is 0 Å². The molecule has 1 aromatic carbocycles. The smallest absolute Gasteiger partial charge is 0.335 e. The predicted molar refractivity (Wildman–Crippen MR) is 78.0 cm³/mol. The van der Waals surface area contributed by atoms with Crippen LogP contribution in [0.2, 0.25) is 0 Å². The predicted octanol–water partition coefficient (Wildman–Crippen LogP) is 0.868. The molecule has 8 heteroatoms. The molecular formula is C13H21NO6S. The lowest BCUT2D eigenvalue weighted by molar-refractivity contribution is 0.0868. The van der Waals surface area contributed by atoms with Crippen LogP contribution in [0.5, 0.6) is 11.5 Å². The summed E-state index contributed by atoms with van der Waals surface area (Å²) in [7, 11) is -2.81. The Morgan fingerprint density at radius 1 is 1.33 bits per heavy atom. The average molecular weight is 319 g/mol. The molecule has 0 saturated heterocycles. The minimum atomic E-state index is -4.32. The molecule has 120 valence electrons. The van der Waals surface area contributed by atoms with Crippen molar-refractivity contribution in [1.82, 2.24) is 4.31 Å². The Hall–Kier alpha value is -1.35. The second-order valence-corrected chi connectivity index (χ2v) is 5.96. The first-order valence-electron chi connectivity index (χ1n) is 6.46. The van der Waals surface area contributed by atoms with E-state index in [1.165, 1.54) is 7.11 Å². The average Bonchev–Trinajstić information content (AvgIpc) is 2.41. The summed E-state index contributed by atoms with van der Waals surface area (Å²) < 4.78 is 42.3. The molecule has 0 amide bonds. The number of likely N-dealkylation sites (N-methyl/N-ethyl adjacent to an activating group) is 1. The maximum atomic E-state index is 11.0. The monoisotopic (exact) mass is 319 g/mol. The number of aliphatic hydroxyl groups is 1. The van der Waals surface area contributed by atoms with Gasteiger partial charge in [-0.2, -0.15) is 12.7 Å². The molecule has 21 heavy (non-hydrogen) atoms. The summed E-state index contributed by atoms with van der Waals surface area (Å²) in [4.78, 5) is 0. The Morgan fingerprint density at radius 3 is 2.52 bits per heavy atom. The quantitative estimate of drug-likeness (QED) is 0.690. The van der Waals surface area contributed by atoms with E-state index < -0.39 is 16.4 Å². The third kappa shape index (κ3) is 5.50. The normalized spacial score (nSPS) is 13.2. The number of hydrogen-bond acceptors (Lipinski definition) is 5. The lowest BCUT2D eigenvalue weighted by Gasteiger charge is -2.20. The maximum absolute atomic E-state index is 11.0. The third-order valence-electron chi connectivity index (χ3n) is 2.84. The van der Waals surface area contributed by atoms with Crippen molar-refractivity contribution in [3.8, 4) is 11.5 Å². The molecule has 0 aliphatic rings. The first-order valence-corrected chi connectivity index (χ1v) is 7.85. The van der Waals surface area contributed by atoms with E-state index in [1.54, 1.807) is 19.1 Å². The van der Waals surface area contributed by atoms with Crippen molar-refractivity contribution < 1.29 is 27.6 Å². The molecule has 0 fully saturated rings. The first kappa shape index (κ1) is 17.7. The minimum absolute atomic E-state index is 0.0593. The molecule has 1 aromatic rings. The van der Waals surface area contributed by atoms with Gasteiger partial charge in [-0.25, -0.2) is 0 Å². The van der Waals surface area contributed by atoms with Crippen LogP contribution in [0, 0.1) is 6.92 Å². The highest BCUT2D eigenvalue weighted by atomic mass is 32.2. The first-order chi connectivity index (χ1) is 9.77. The van der Waals surface area contributed by atoms with E-state index in [1.807, 2.05) is 13.0 Å². The molecule has 0 aromatic heterocycles. The van der Waals surface area contributed by atoms with Gasteiger partial charge in [0.15, 0.2) is 11.5 Å². The molecular weight excluding hydrogens is 298 g/mol. The van der Waals surface area contributed by atoms with Gasteiger partial charge >= 0.3 is 10.3 Å². The minimum Gasteiger partial charge on any atom is -0.493 e. The van der Waals surface area contributed by atoms with Crippen LogP contribution in [-0.2, 0) is 10.3 Å². The molecule has 0 aliphatic carbocycles. The SMILES string of the molecule is CCN(C[C@@H](O)COc1ccc(C)cc1OC)S(=O)(=O)O. The molecule has 0 unspecified atom stereocenters. The van der Waals surface area contributed by atoms with Crippen LogP contribution in [-0.4, -0.2) is 55.3 Å². The van der Waals surface area contributed by atoms with Crippen molar-refractivity contribution >= 4 is 10.3 Å². The van der Waals surface area contributed by atoms with E-state index in [4.69, 9.17) is 14.0 Å². The third-order valence-corrected chi connectivity index (χ3v) is 3.90. The number of ether oxygens (including phenoxy) is 2. The van der Waals surface area contributed by atoms with Crippen LogP contribution in [0.25, 0.3) is 0 Å². The summed E-state index contributed by atoms with van der Waals surface area (Å²) in [5.74, 6) is 0.987. The summed E-state index contributed by atoms with van der Waals surface area (Å²) in [5.41, 5.74) is 1.00. The molecule has 0 saturated carbocycles. The number of aliphatic hydroxyl groups excluding tert-OH is 1. The number of aryl methyl sites for hydroxylation is 1. The molecule has 0 radical (unpaired) electrons. The van der Waals surface area contributed by atoms with E-state index in [2.05, 4.69) is 0 Å². The van der Waals surface area contributed by atoms with Gasteiger partial charge in [0.25, 0.3) is 0 Å². The van der Waals surface area contributed by atoms with Crippen molar-refractivity contribution in [2.45, 2.75) is 20.0 Å². The fraction of sp³-hybridized carbons (Fsp3) is 0.538. The van der Waals surface area contributed by atoms with Crippen LogP contribution in [0.3, 0.4) is 0 Å². The fourth-order valence-electron chi connectivity index (χ4n) is 1.75. The molecule has 1 rings (SSSR count). The van der Waals surface area contributed by atoms with E-state index in [9.17, 15) is 13.5 Å². The molecule has 0 heterocycles. The van der Waals surface area contributed by atoms with Crippen molar-refractivity contribution in [3.05, 3.63) is 23.8 Å². The van der Waals surface area contributed by atoms with E-state index >= 15 is 0 Å². The number of hydrogen-bond donors (Lipinski definition) is 2. The highest BCUT2D eigenvalue weighted by Gasteiger charge is 2.21. The van der Waals surface area contributed by atoms with Gasteiger partial charge in [0.05, 0.1) is 7.11 Å². The molecule has 7 nitrogen and oxygen atoms in total. The van der Waals surface area contributed by atoms with E-state index in [0.29, 0.717) is 11.5 Å². The second kappa shape index (κ2) is 7.60. The van der Waals surface area contributed by atoms with Gasteiger partial charge in [0.1, 0.15) is 12.7 Å². The Labute approximate surface area is 125 Å². The summed E-state index contributed by atoms with van der Waals surface area (Å²) in [6, 6.07) is 5.33. The molecule has 0 aliphatic heterocycles. The highest BCUT2D eigenvalue weighted by molar-refractivity contribution is 7.83. The van der Waals surface area contributed by atoms with Crippen molar-refractivity contribution in [2.75, 3.05) is 26.8 Å². The van der Waals surface area contributed by atoms with Crippen LogP contribution in [0.15, 0.2) is 18.2 Å². The Kier molecular flexibility index (Phi) is 6.41. The molecule has 0 bridgehead atoms. The Bertz CT molecular complexity index is 560.